The van der Waals surface area contributed by atoms with Gasteiger partial charge in [-0.2, -0.15) is 0 Å². The Kier molecular flexibility index (Phi) is 4.78. The lowest BCUT2D eigenvalue weighted by Gasteiger charge is -2.07. The molecule has 0 saturated heterocycles. The lowest BCUT2D eigenvalue weighted by Crippen LogP contribution is -2.23. The van der Waals surface area contributed by atoms with E-state index in [1.807, 2.05) is 19.9 Å². The Morgan fingerprint density at radius 2 is 2.05 bits per heavy atom. The first-order chi connectivity index (χ1) is 10.1. The second-order valence-electron chi connectivity index (χ2n) is 4.36. The van der Waals surface area contributed by atoms with Crippen molar-refractivity contribution in [3.63, 3.8) is 0 Å². The normalized spacial score (nSPS) is 10.2. The third kappa shape index (κ3) is 4.22. The molecule has 21 heavy (non-hydrogen) atoms. The summed E-state index contributed by atoms with van der Waals surface area (Å²) in [5.74, 6) is 1.62. The number of carbonyl (C=O) groups excluding carboxylic acids is 1. The molecule has 0 aliphatic heterocycles. The van der Waals surface area contributed by atoms with Crippen LogP contribution in [0.1, 0.15) is 28.8 Å². The van der Waals surface area contributed by atoms with Crippen LogP contribution in [0.3, 0.4) is 0 Å². The van der Waals surface area contributed by atoms with Gasteiger partial charge in [0.05, 0.1) is 12.2 Å². The number of hydroxylamine groups is 1. The molecule has 0 bridgehead atoms. The van der Waals surface area contributed by atoms with Gasteiger partial charge in [-0.05, 0) is 32.9 Å². The molecule has 0 unspecified atom stereocenters. The first kappa shape index (κ1) is 14.9. The highest BCUT2D eigenvalue weighted by Crippen LogP contribution is 2.13. The lowest BCUT2D eigenvalue weighted by atomic mass is 10.3. The minimum atomic E-state index is -0.329. The number of amides is 1. The molecular formula is C14H17N5O2. The summed E-state index contributed by atoms with van der Waals surface area (Å²) in [4.78, 5) is 29.1. The topological polar surface area (TPSA) is 89.0 Å². The molecule has 0 radical (unpaired) electrons. The summed E-state index contributed by atoms with van der Waals surface area (Å²) in [6.45, 7) is 5.92. The van der Waals surface area contributed by atoms with Crippen LogP contribution in [0.15, 0.2) is 24.4 Å². The number of hydrogen-bond donors (Lipinski definition) is 2. The average molecular weight is 287 g/mol. The molecule has 0 saturated carbocycles. The predicted molar refractivity (Wildman–Crippen MR) is 78.1 cm³/mol. The first-order valence-electron chi connectivity index (χ1n) is 6.56. The summed E-state index contributed by atoms with van der Waals surface area (Å²) in [6, 6.07) is 5.18. The maximum absolute atomic E-state index is 11.6. The van der Waals surface area contributed by atoms with Gasteiger partial charge in [-0.1, -0.05) is 0 Å². The number of pyridine rings is 1. The molecule has 1 amide bonds. The third-order valence-electron chi connectivity index (χ3n) is 2.56. The van der Waals surface area contributed by atoms with Crippen LogP contribution in [-0.2, 0) is 4.84 Å². The van der Waals surface area contributed by atoms with E-state index in [9.17, 15) is 4.79 Å². The van der Waals surface area contributed by atoms with Crippen molar-refractivity contribution in [2.24, 2.45) is 0 Å². The van der Waals surface area contributed by atoms with E-state index in [1.54, 1.807) is 19.1 Å². The Morgan fingerprint density at radius 1 is 1.24 bits per heavy atom. The van der Waals surface area contributed by atoms with Crippen molar-refractivity contribution in [1.29, 1.82) is 0 Å². The molecule has 7 nitrogen and oxygen atoms in total. The van der Waals surface area contributed by atoms with Crippen molar-refractivity contribution in [3.05, 3.63) is 41.5 Å². The van der Waals surface area contributed by atoms with Gasteiger partial charge in [0.15, 0.2) is 0 Å². The second kappa shape index (κ2) is 6.76. The zero-order valence-electron chi connectivity index (χ0n) is 12.2. The summed E-state index contributed by atoms with van der Waals surface area (Å²) in [5.41, 5.74) is 3.61. The number of nitrogens with one attached hydrogen (secondary N) is 2. The average Bonchev–Trinajstić information content (AvgIpc) is 2.44. The minimum absolute atomic E-state index is 0.329. The van der Waals surface area contributed by atoms with Crippen LogP contribution in [0.5, 0.6) is 0 Å². The third-order valence-corrected chi connectivity index (χ3v) is 2.56. The molecule has 7 heteroatoms. The van der Waals surface area contributed by atoms with Crippen molar-refractivity contribution in [3.8, 4) is 0 Å². The first-order valence-corrected chi connectivity index (χ1v) is 6.56. The molecular weight excluding hydrogens is 270 g/mol. The second-order valence-corrected chi connectivity index (χ2v) is 4.36. The highest BCUT2D eigenvalue weighted by Gasteiger charge is 2.06. The van der Waals surface area contributed by atoms with Crippen LogP contribution in [0, 0.1) is 13.8 Å². The molecule has 0 aromatic carbocycles. The molecule has 0 spiro atoms. The summed E-state index contributed by atoms with van der Waals surface area (Å²) in [7, 11) is 0. The SMILES string of the molecule is CCONC(=O)c1ccc(Nc2cc(C)nc(C)n2)nc1. The fraction of sp³-hybridized carbons (Fsp3) is 0.286. The molecule has 0 fully saturated rings. The zero-order valence-corrected chi connectivity index (χ0v) is 12.2. The van der Waals surface area contributed by atoms with Crippen molar-refractivity contribution >= 4 is 17.5 Å². The Balaban J connectivity index is 2.07. The predicted octanol–water partition coefficient (Wildman–Crippen LogP) is 1.91. The Hall–Kier alpha value is -2.54. The van der Waals surface area contributed by atoms with Gasteiger partial charge < -0.3 is 5.32 Å². The zero-order chi connectivity index (χ0) is 15.2. The number of carbonyl (C=O) groups is 1. The van der Waals surface area contributed by atoms with Crippen LogP contribution in [-0.4, -0.2) is 27.5 Å². The molecule has 2 rings (SSSR count). The van der Waals surface area contributed by atoms with E-state index in [0.717, 1.165) is 5.69 Å². The van der Waals surface area contributed by atoms with E-state index < -0.39 is 0 Å². The highest BCUT2D eigenvalue weighted by molar-refractivity contribution is 5.93. The summed E-state index contributed by atoms with van der Waals surface area (Å²) in [6.07, 6.45) is 1.47. The fourth-order valence-electron chi connectivity index (χ4n) is 1.71. The summed E-state index contributed by atoms with van der Waals surface area (Å²) in [5, 5.41) is 3.07. The van der Waals surface area contributed by atoms with E-state index in [4.69, 9.17) is 4.84 Å². The van der Waals surface area contributed by atoms with E-state index >= 15 is 0 Å². The Labute approximate surface area is 122 Å². The number of aromatic nitrogens is 3. The molecule has 0 atom stereocenters. The van der Waals surface area contributed by atoms with Crippen molar-refractivity contribution in [1.82, 2.24) is 20.4 Å². The number of rotatable bonds is 5. The molecule has 0 aliphatic rings. The Morgan fingerprint density at radius 3 is 2.67 bits per heavy atom. The van der Waals surface area contributed by atoms with Crippen LogP contribution in [0.25, 0.3) is 0 Å². The van der Waals surface area contributed by atoms with Crippen LogP contribution < -0.4 is 10.8 Å². The standard InChI is InChI=1S/C14H17N5O2/c1-4-21-19-14(20)11-5-6-12(15-8-11)18-13-7-9(2)16-10(3)17-13/h5-8H,4H2,1-3H3,(H,19,20)(H,15,16,17,18). The van der Waals surface area contributed by atoms with E-state index in [2.05, 4.69) is 25.7 Å². The van der Waals surface area contributed by atoms with Gasteiger partial charge in [-0.15, -0.1) is 0 Å². The Bertz CT molecular complexity index is 608. The van der Waals surface area contributed by atoms with Crippen LogP contribution in [0.4, 0.5) is 11.6 Å². The van der Waals surface area contributed by atoms with Gasteiger partial charge in [0.1, 0.15) is 17.5 Å². The van der Waals surface area contributed by atoms with Crippen LogP contribution >= 0.6 is 0 Å². The van der Waals surface area contributed by atoms with Gasteiger partial charge in [-0.25, -0.2) is 20.4 Å². The highest BCUT2D eigenvalue weighted by atomic mass is 16.6. The number of nitrogens with zero attached hydrogens (tertiary/aromatic N) is 3. The van der Waals surface area contributed by atoms with E-state index in [1.165, 1.54) is 6.20 Å². The molecule has 2 aromatic heterocycles. The van der Waals surface area contributed by atoms with Gasteiger partial charge in [0, 0.05) is 18.0 Å². The number of aryl methyl sites for hydroxylation is 2. The van der Waals surface area contributed by atoms with Crippen molar-refractivity contribution in [2.75, 3.05) is 11.9 Å². The van der Waals surface area contributed by atoms with E-state index in [0.29, 0.717) is 29.6 Å². The maximum Gasteiger partial charge on any atom is 0.276 e. The van der Waals surface area contributed by atoms with E-state index in [-0.39, 0.29) is 5.91 Å². The largest absolute Gasteiger partial charge is 0.325 e. The van der Waals surface area contributed by atoms with Gasteiger partial charge in [-0.3, -0.25) is 9.63 Å². The fourth-order valence-corrected chi connectivity index (χ4v) is 1.71. The summed E-state index contributed by atoms with van der Waals surface area (Å²) < 4.78 is 0. The van der Waals surface area contributed by atoms with Gasteiger partial charge in [0.2, 0.25) is 0 Å². The minimum Gasteiger partial charge on any atom is -0.325 e. The monoisotopic (exact) mass is 287 g/mol. The van der Waals surface area contributed by atoms with Crippen molar-refractivity contribution in [2.45, 2.75) is 20.8 Å². The maximum atomic E-state index is 11.6. The molecule has 2 aromatic rings. The smallest absolute Gasteiger partial charge is 0.276 e. The summed E-state index contributed by atoms with van der Waals surface area (Å²) >= 11 is 0. The molecule has 2 heterocycles. The lowest BCUT2D eigenvalue weighted by molar-refractivity contribution is 0.0364. The molecule has 2 N–H and O–H groups in total. The quantitative estimate of drug-likeness (QED) is 0.817. The van der Waals surface area contributed by atoms with Crippen LogP contribution in [0.2, 0.25) is 0 Å². The molecule has 0 aliphatic carbocycles. The van der Waals surface area contributed by atoms with Crippen molar-refractivity contribution < 1.29 is 9.63 Å². The number of anilines is 2. The van der Waals surface area contributed by atoms with Gasteiger partial charge in [0.25, 0.3) is 5.91 Å². The molecule has 110 valence electrons. The van der Waals surface area contributed by atoms with Gasteiger partial charge >= 0.3 is 0 Å². The number of hydrogen-bond acceptors (Lipinski definition) is 6.